The van der Waals surface area contributed by atoms with Crippen LogP contribution in [0, 0.1) is 11.8 Å². The first-order chi connectivity index (χ1) is 8.72. The van der Waals surface area contributed by atoms with E-state index in [9.17, 15) is 9.59 Å². The Morgan fingerprint density at radius 1 is 1.61 bits per heavy atom. The van der Waals surface area contributed by atoms with Crippen molar-refractivity contribution >= 4 is 23.2 Å². The van der Waals surface area contributed by atoms with Crippen LogP contribution in [0.1, 0.15) is 15.2 Å². The smallest absolute Gasteiger partial charge is 0.265 e. The molecule has 0 radical (unpaired) electrons. The molecule has 6 heteroatoms. The van der Waals surface area contributed by atoms with Crippen LogP contribution in [0.5, 0.6) is 0 Å². The normalized spacial score (nSPS) is 14.7. The van der Waals surface area contributed by atoms with E-state index in [1.807, 2.05) is 5.38 Å². The standard InChI is InChI=1S/C12H13N3O2S/c13-4-1-2-9-3-7-18-11(9)12(17)15-6-5-14-10(16)8-15/h3,7H,4-6,8,13H2,(H,14,16). The van der Waals surface area contributed by atoms with Crippen LogP contribution in [0.15, 0.2) is 11.4 Å². The van der Waals surface area contributed by atoms with E-state index in [1.165, 1.54) is 16.2 Å². The number of nitrogens with zero attached hydrogens (tertiary/aromatic N) is 1. The summed E-state index contributed by atoms with van der Waals surface area (Å²) < 4.78 is 0. The molecule has 0 aromatic carbocycles. The monoisotopic (exact) mass is 263 g/mol. The lowest BCUT2D eigenvalue weighted by molar-refractivity contribution is -0.123. The van der Waals surface area contributed by atoms with Gasteiger partial charge in [-0.1, -0.05) is 11.8 Å². The SMILES string of the molecule is NCC#Cc1ccsc1C(=O)N1CCNC(=O)C1. The van der Waals surface area contributed by atoms with Gasteiger partial charge in [0.25, 0.3) is 5.91 Å². The molecule has 2 amide bonds. The second-order valence-electron chi connectivity index (χ2n) is 3.75. The van der Waals surface area contributed by atoms with Gasteiger partial charge in [0.15, 0.2) is 0 Å². The van der Waals surface area contributed by atoms with Gasteiger partial charge in [0.05, 0.1) is 13.1 Å². The van der Waals surface area contributed by atoms with Gasteiger partial charge < -0.3 is 16.0 Å². The van der Waals surface area contributed by atoms with Crippen molar-refractivity contribution in [1.82, 2.24) is 10.2 Å². The van der Waals surface area contributed by atoms with Crippen LogP contribution in [0.25, 0.3) is 0 Å². The molecular weight excluding hydrogens is 250 g/mol. The minimum absolute atomic E-state index is 0.112. The maximum Gasteiger partial charge on any atom is 0.265 e. The summed E-state index contributed by atoms with van der Waals surface area (Å²) in [6, 6.07) is 1.80. The van der Waals surface area contributed by atoms with Gasteiger partial charge >= 0.3 is 0 Å². The fourth-order valence-corrected chi connectivity index (χ4v) is 2.49. The molecule has 1 aliphatic heterocycles. The lowest BCUT2D eigenvalue weighted by Gasteiger charge is -2.26. The number of hydrogen-bond donors (Lipinski definition) is 2. The topological polar surface area (TPSA) is 75.4 Å². The molecule has 1 aliphatic rings. The summed E-state index contributed by atoms with van der Waals surface area (Å²) >= 11 is 1.34. The van der Waals surface area contributed by atoms with E-state index in [2.05, 4.69) is 17.2 Å². The highest BCUT2D eigenvalue weighted by Crippen LogP contribution is 2.18. The van der Waals surface area contributed by atoms with E-state index in [4.69, 9.17) is 5.73 Å². The number of nitrogens with one attached hydrogen (secondary N) is 1. The molecule has 1 aromatic rings. The third-order valence-electron chi connectivity index (χ3n) is 2.51. The molecular formula is C12H13N3O2S. The first kappa shape index (κ1) is 12.6. The molecule has 0 aliphatic carbocycles. The number of piperazine rings is 1. The molecule has 1 fully saturated rings. The van der Waals surface area contributed by atoms with E-state index in [1.54, 1.807) is 6.07 Å². The maximum absolute atomic E-state index is 12.2. The number of nitrogens with two attached hydrogens (primary N) is 1. The Labute approximate surface area is 109 Å². The Kier molecular flexibility index (Phi) is 3.97. The van der Waals surface area contributed by atoms with Gasteiger partial charge in [0, 0.05) is 18.7 Å². The fraction of sp³-hybridized carbons (Fsp3) is 0.333. The number of carbonyl (C=O) groups is 2. The van der Waals surface area contributed by atoms with Gasteiger partial charge in [-0.25, -0.2) is 0 Å². The predicted molar refractivity (Wildman–Crippen MR) is 69.2 cm³/mol. The zero-order chi connectivity index (χ0) is 13.0. The largest absolute Gasteiger partial charge is 0.353 e. The highest BCUT2D eigenvalue weighted by molar-refractivity contribution is 7.12. The zero-order valence-corrected chi connectivity index (χ0v) is 10.5. The summed E-state index contributed by atoms with van der Waals surface area (Å²) in [6.45, 7) is 1.40. The molecule has 0 atom stereocenters. The van der Waals surface area contributed by atoms with Gasteiger partial charge in [-0.3, -0.25) is 9.59 Å². The molecule has 0 saturated carbocycles. The molecule has 2 heterocycles. The summed E-state index contributed by atoms with van der Waals surface area (Å²) in [4.78, 5) is 25.6. The Morgan fingerprint density at radius 3 is 3.17 bits per heavy atom. The van der Waals surface area contributed by atoms with Crippen LogP contribution in [0.2, 0.25) is 0 Å². The first-order valence-corrected chi connectivity index (χ1v) is 6.42. The second kappa shape index (κ2) is 5.67. The minimum atomic E-state index is -0.138. The summed E-state index contributed by atoms with van der Waals surface area (Å²) in [5.41, 5.74) is 6.00. The highest BCUT2D eigenvalue weighted by atomic mass is 32.1. The summed E-state index contributed by atoms with van der Waals surface area (Å²) in [5.74, 6) is 5.34. The lowest BCUT2D eigenvalue weighted by Crippen LogP contribution is -2.49. The molecule has 5 nitrogen and oxygen atoms in total. The average molecular weight is 263 g/mol. The number of amides is 2. The van der Waals surface area contributed by atoms with Crippen LogP contribution >= 0.6 is 11.3 Å². The molecule has 0 bridgehead atoms. The van der Waals surface area contributed by atoms with Gasteiger partial charge in [0.2, 0.25) is 5.91 Å². The van der Waals surface area contributed by atoms with E-state index >= 15 is 0 Å². The Hall–Kier alpha value is -1.84. The number of hydrogen-bond acceptors (Lipinski definition) is 4. The highest BCUT2D eigenvalue weighted by Gasteiger charge is 2.24. The van der Waals surface area contributed by atoms with Crippen molar-refractivity contribution in [3.63, 3.8) is 0 Å². The molecule has 1 saturated heterocycles. The van der Waals surface area contributed by atoms with Gasteiger partial charge in [-0.05, 0) is 11.4 Å². The minimum Gasteiger partial charge on any atom is -0.353 e. The van der Waals surface area contributed by atoms with Crippen molar-refractivity contribution in [3.05, 3.63) is 21.9 Å². The van der Waals surface area contributed by atoms with E-state index < -0.39 is 0 Å². The molecule has 3 N–H and O–H groups in total. The molecule has 2 rings (SSSR count). The van der Waals surface area contributed by atoms with Crippen molar-refractivity contribution in [2.24, 2.45) is 5.73 Å². The van der Waals surface area contributed by atoms with Gasteiger partial charge in [-0.2, -0.15) is 0 Å². The number of rotatable bonds is 1. The Balaban J connectivity index is 2.18. The van der Waals surface area contributed by atoms with Crippen molar-refractivity contribution in [3.8, 4) is 11.8 Å². The molecule has 94 valence electrons. The second-order valence-corrected chi connectivity index (χ2v) is 4.66. The molecule has 18 heavy (non-hydrogen) atoms. The van der Waals surface area contributed by atoms with Crippen molar-refractivity contribution in [2.75, 3.05) is 26.2 Å². The molecule has 0 unspecified atom stereocenters. The summed E-state index contributed by atoms with van der Waals surface area (Å²) in [7, 11) is 0. The fourth-order valence-electron chi connectivity index (χ4n) is 1.68. The predicted octanol–water partition coefficient (Wildman–Crippen LogP) is -0.370. The third kappa shape index (κ3) is 2.70. The summed E-state index contributed by atoms with van der Waals surface area (Å²) in [5, 5.41) is 4.50. The van der Waals surface area contributed by atoms with E-state index in [0.717, 1.165) is 0 Å². The Morgan fingerprint density at radius 2 is 2.44 bits per heavy atom. The van der Waals surface area contributed by atoms with E-state index in [-0.39, 0.29) is 24.9 Å². The van der Waals surface area contributed by atoms with Crippen LogP contribution < -0.4 is 11.1 Å². The van der Waals surface area contributed by atoms with Crippen molar-refractivity contribution < 1.29 is 9.59 Å². The third-order valence-corrected chi connectivity index (χ3v) is 3.41. The van der Waals surface area contributed by atoms with Crippen LogP contribution in [-0.2, 0) is 4.79 Å². The number of carbonyl (C=O) groups excluding carboxylic acids is 2. The van der Waals surface area contributed by atoms with Gasteiger partial charge in [0.1, 0.15) is 4.88 Å². The quantitative estimate of drug-likeness (QED) is 0.679. The lowest BCUT2D eigenvalue weighted by atomic mass is 10.2. The zero-order valence-electron chi connectivity index (χ0n) is 9.73. The van der Waals surface area contributed by atoms with Crippen molar-refractivity contribution in [2.45, 2.75) is 0 Å². The number of thiophene rings is 1. The van der Waals surface area contributed by atoms with Crippen LogP contribution in [0.4, 0.5) is 0 Å². The van der Waals surface area contributed by atoms with Gasteiger partial charge in [-0.15, -0.1) is 11.3 Å². The van der Waals surface area contributed by atoms with E-state index in [0.29, 0.717) is 23.5 Å². The van der Waals surface area contributed by atoms with Crippen LogP contribution in [0.3, 0.4) is 0 Å². The summed E-state index contributed by atoms with van der Waals surface area (Å²) in [6.07, 6.45) is 0. The van der Waals surface area contributed by atoms with Crippen LogP contribution in [-0.4, -0.2) is 42.9 Å². The Bertz CT molecular complexity index is 527. The molecule has 1 aromatic heterocycles. The first-order valence-electron chi connectivity index (χ1n) is 5.55. The average Bonchev–Trinajstić information content (AvgIpc) is 2.83. The van der Waals surface area contributed by atoms with Crippen molar-refractivity contribution in [1.29, 1.82) is 0 Å². The molecule has 0 spiro atoms. The maximum atomic E-state index is 12.2.